The Morgan fingerprint density at radius 2 is 0.471 bits per heavy atom. The average molecular weight is 991 g/mol. The Bertz CT molecular complexity index is 1490. The molecular weight excluding hydrogens is 901 g/mol. The molecule has 0 spiro atoms. The summed E-state index contributed by atoms with van der Waals surface area (Å²) >= 11 is 0. The van der Waals surface area contributed by atoms with Crippen molar-refractivity contribution in [2.24, 2.45) is 0 Å². The molecule has 5 atom stereocenters. The number of carboxylic acids is 5. The van der Waals surface area contributed by atoms with Crippen LogP contribution in [0.5, 0.6) is 0 Å². The minimum atomic E-state index is -1.28. The highest BCUT2D eigenvalue weighted by atomic mass is 16.4. The molecule has 0 radical (unpaired) electrons. The van der Waals surface area contributed by atoms with Gasteiger partial charge < -0.3 is 51.1 Å². The molecule has 0 rings (SSSR count). The third-order valence-electron chi connectivity index (χ3n) is 9.22. The van der Waals surface area contributed by atoms with Crippen LogP contribution in [0.25, 0.3) is 0 Å². The van der Waals surface area contributed by atoms with Crippen molar-refractivity contribution >= 4 is 29.8 Å². The highest BCUT2D eigenvalue weighted by Crippen LogP contribution is 2.09. The summed E-state index contributed by atoms with van der Waals surface area (Å²) in [6.07, 6.45) is 43.2. The second-order valence-electron chi connectivity index (χ2n) is 15.7. The summed E-state index contributed by atoms with van der Waals surface area (Å²) in [6, 6.07) is 0. The van der Waals surface area contributed by atoms with Gasteiger partial charge in [-0.05, 0) is 103 Å². The zero-order chi connectivity index (χ0) is 54.1. The molecule has 0 saturated heterocycles. The monoisotopic (exact) mass is 991 g/mol. The molecule has 0 amide bonds. The lowest BCUT2D eigenvalue weighted by Crippen LogP contribution is -2.17. The summed E-state index contributed by atoms with van der Waals surface area (Å²) in [4.78, 5) is 51.0. The van der Waals surface area contributed by atoms with E-state index in [1.807, 2.05) is 48.6 Å². The Labute approximate surface area is 418 Å². The van der Waals surface area contributed by atoms with Gasteiger partial charge in [-0.1, -0.05) is 117 Å². The van der Waals surface area contributed by atoms with E-state index in [0.717, 1.165) is 96.3 Å². The quantitative estimate of drug-likeness (QED) is 0.0202. The van der Waals surface area contributed by atoms with Crippen LogP contribution in [-0.2, 0) is 24.0 Å². The number of aliphatic carboxylic acids is 5. The molecular formula is C55H90O15. The van der Waals surface area contributed by atoms with Crippen molar-refractivity contribution in [3.63, 3.8) is 0 Å². The van der Waals surface area contributed by atoms with E-state index in [2.05, 4.69) is 32.9 Å². The predicted molar refractivity (Wildman–Crippen MR) is 280 cm³/mol. The molecule has 0 fully saturated rings. The number of carbonyl (C=O) groups is 5. The van der Waals surface area contributed by atoms with E-state index in [-0.39, 0.29) is 32.1 Å². The standard InChI is InChI=1S/C14H24O3.C12H20O3.C11H18O3.C10H16O3.C8H12O3/c1-2-3-4-5-6-7-8-9-10-11-12-13(15)14(16)17;1-2-3-4-5-6-7-8-9-10-11(13)12(14)15;1-2-3-4-5-6-7-8-9-10(12)11(13)14;1-2-3-4-5-6-7-8-9(11)10(12)13;1-2-3-4-5-6-7(9)8(10)11/h2,10-11,13,15H,1,3-9,12H2,(H,16,17);2,8-9,11,13H,1,3-7,10H2,(H,14,15);2,7-8,10,12H,1,3-6,9H2,(H,13,14);2,6-7,9,11H,1,3-5,8H2,(H,12,13);2,4-5,7,9H,1,3,6H2,(H,10,11). The second-order valence-corrected chi connectivity index (χ2v) is 15.7. The number of hydrogen-bond acceptors (Lipinski definition) is 10. The highest BCUT2D eigenvalue weighted by Gasteiger charge is 2.12. The number of rotatable bonds is 40. The van der Waals surface area contributed by atoms with Gasteiger partial charge in [-0.25, -0.2) is 24.0 Å². The summed E-state index contributed by atoms with van der Waals surface area (Å²) in [5.74, 6) is -5.84. The minimum Gasteiger partial charge on any atom is -0.479 e. The van der Waals surface area contributed by atoms with Crippen molar-refractivity contribution in [3.8, 4) is 0 Å². The molecule has 400 valence electrons. The third-order valence-corrected chi connectivity index (χ3v) is 9.22. The van der Waals surface area contributed by atoms with E-state index in [4.69, 9.17) is 51.1 Å². The van der Waals surface area contributed by atoms with Gasteiger partial charge in [-0.3, -0.25) is 0 Å². The fourth-order valence-electron chi connectivity index (χ4n) is 5.03. The van der Waals surface area contributed by atoms with Gasteiger partial charge in [0.25, 0.3) is 0 Å². The van der Waals surface area contributed by atoms with Crippen LogP contribution in [0.1, 0.15) is 161 Å². The van der Waals surface area contributed by atoms with Gasteiger partial charge in [0.05, 0.1) is 0 Å². The first kappa shape index (κ1) is 73.5. The second kappa shape index (κ2) is 59.7. The highest BCUT2D eigenvalue weighted by molar-refractivity contribution is 5.73. The van der Waals surface area contributed by atoms with Gasteiger partial charge in [0.2, 0.25) is 0 Å². The minimum absolute atomic E-state index is 0.156. The molecule has 0 aromatic rings. The van der Waals surface area contributed by atoms with E-state index in [0.29, 0.717) is 6.42 Å². The van der Waals surface area contributed by atoms with Crippen LogP contribution >= 0.6 is 0 Å². The molecule has 15 nitrogen and oxygen atoms in total. The van der Waals surface area contributed by atoms with E-state index < -0.39 is 60.4 Å². The van der Waals surface area contributed by atoms with Crippen LogP contribution in [0.15, 0.2) is 124 Å². The fourth-order valence-corrected chi connectivity index (χ4v) is 5.03. The molecule has 0 aromatic carbocycles. The number of unbranched alkanes of at least 4 members (excludes halogenated alkanes) is 15. The first-order valence-corrected chi connectivity index (χ1v) is 24.2. The zero-order valence-corrected chi connectivity index (χ0v) is 41.8. The van der Waals surface area contributed by atoms with E-state index in [9.17, 15) is 24.0 Å². The van der Waals surface area contributed by atoms with Crippen molar-refractivity contribution in [2.75, 3.05) is 0 Å². The molecule has 0 aromatic heterocycles. The van der Waals surface area contributed by atoms with Crippen LogP contribution in [0.3, 0.4) is 0 Å². The summed E-state index contributed by atoms with van der Waals surface area (Å²) in [5.41, 5.74) is 0. The molecule has 0 aliphatic carbocycles. The number of carboxylic acid groups (broad SMARTS) is 5. The maximum atomic E-state index is 10.3. The molecule has 15 heteroatoms. The van der Waals surface area contributed by atoms with E-state index >= 15 is 0 Å². The summed E-state index contributed by atoms with van der Waals surface area (Å²) in [5, 5.41) is 86.2. The van der Waals surface area contributed by atoms with Crippen LogP contribution < -0.4 is 0 Å². The normalized spacial score (nSPS) is 12.9. The number of aliphatic hydroxyl groups excluding tert-OH is 5. The maximum absolute atomic E-state index is 10.3. The lowest BCUT2D eigenvalue weighted by molar-refractivity contribution is -0.147. The fraction of sp³-hybridized carbons (Fsp3) is 0.545. The Hall–Kier alpha value is -5.45. The van der Waals surface area contributed by atoms with Gasteiger partial charge in [0.1, 0.15) is 0 Å². The molecule has 0 aliphatic rings. The summed E-state index contributed by atoms with van der Waals surface area (Å²) in [7, 11) is 0. The molecule has 10 N–H and O–H groups in total. The topological polar surface area (TPSA) is 288 Å². The molecule has 0 bridgehead atoms. The van der Waals surface area contributed by atoms with Crippen molar-refractivity contribution in [3.05, 3.63) is 124 Å². The Morgan fingerprint density at radius 1 is 0.271 bits per heavy atom. The Kier molecular flexibility index (Phi) is 62.7. The largest absolute Gasteiger partial charge is 0.479 e. The van der Waals surface area contributed by atoms with Crippen molar-refractivity contribution < 1.29 is 75.0 Å². The van der Waals surface area contributed by atoms with Gasteiger partial charge in [0, 0.05) is 32.1 Å². The van der Waals surface area contributed by atoms with Gasteiger partial charge in [-0.15, -0.1) is 32.9 Å². The van der Waals surface area contributed by atoms with Crippen LogP contribution in [0, 0.1) is 0 Å². The lowest BCUT2D eigenvalue weighted by atomic mass is 10.1. The van der Waals surface area contributed by atoms with E-state index in [1.165, 1.54) is 25.7 Å². The third kappa shape index (κ3) is 66.8. The van der Waals surface area contributed by atoms with Crippen molar-refractivity contribution in [1.29, 1.82) is 0 Å². The van der Waals surface area contributed by atoms with Gasteiger partial charge in [-0.2, -0.15) is 0 Å². The number of allylic oxidation sites excluding steroid dienone is 10. The maximum Gasteiger partial charge on any atom is 0.332 e. The molecule has 70 heavy (non-hydrogen) atoms. The summed E-state index contributed by atoms with van der Waals surface area (Å²) in [6.45, 7) is 18.0. The van der Waals surface area contributed by atoms with Crippen LogP contribution in [0.4, 0.5) is 0 Å². The number of hydrogen-bond donors (Lipinski definition) is 10. The molecule has 0 saturated carbocycles. The van der Waals surface area contributed by atoms with Gasteiger partial charge in [0.15, 0.2) is 30.5 Å². The molecule has 0 aliphatic heterocycles. The Balaban J connectivity index is -0.000000253. The van der Waals surface area contributed by atoms with Crippen LogP contribution in [-0.4, -0.2) is 111 Å². The predicted octanol–water partition coefficient (Wildman–Crippen LogP) is 10.6. The Morgan fingerprint density at radius 3 is 0.743 bits per heavy atom. The van der Waals surface area contributed by atoms with Crippen molar-refractivity contribution in [1.82, 2.24) is 0 Å². The van der Waals surface area contributed by atoms with E-state index in [1.54, 1.807) is 42.5 Å². The van der Waals surface area contributed by atoms with Crippen LogP contribution in [0.2, 0.25) is 0 Å². The smallest absolute Gasteiger partial charge is 0.332 e. The molecule has 0 heterocycles. The first-order chi connectivity index (χ1) is 33.4. The lowest BCUT2D eigenvalue weighted by Gasteiger charge is -2.00. The van der Waals surface area contributed by atoms with Gasteiger partial charge >= 0.3 is 29.8 Å². The SMILES string of the molecule is C=CCC=CCC(O)C(=O)O.C=CCCCC=CCC(O)C(=O)O.C=CCCCCC=CCC(O)C(=O)O.C=CCCCCCC=CCC(O)C(=O)O.C=CCCCCCCCC=CCC(O)C(=O)O. The first-order valence-electron chi connectivity index (χ1n) is 24.2. The number of aliphatic hydroxyl groups is 5. The zero-order valence-electron chi connectivity index (χ0n) is 41.8. The molecule has 5 unspecified atom stereocenters. The summed E-state index contributed by atoms with van der Waals surface area (Å²) < 4.78 is 0. The van der Waals surface area contributed by atoms with Crippen molar-refractivity contribution in [2.45, 2.75) is 191 Å². The average Bonchev–Trinajstić information content (AvgIpc) is 3.32.